The predicted molar refractivity (Wildman–Crippen MR) is 90.5 cm³/mol. The summed E-state index contributed by atoms with van der Waals surface area (Å²) in [7, 11) is 0. The number of hydrogen-bond acceptors (Lipinski definition) is 6. The lowest BCUT2D eigenvalue weighted by molar-refractivity contribution is 0.0531. The number of nitrogens with zero attached hydrogens (tertiary/aromatic N) is 1. The molecule has 0 fully saturated rings. The fourth-order valence-corrected chi connectivity index (χ4v) is 4.24. The van der Waals surface area contributed by atoms with Gasteiger partial charge in [0.05, 0.1) is 21.0 Å². The molecule has 0 aliphatic rings. The van der Waals surface area contributed by atoms with Crippen LogP contribution in [0.1, 0.15) is 32.0 Å². The molecule has 0 aromatic carbocycles. The van der Waals surface area contributed by atoms with Crippen LogP contribution in [0, 0.1) is 6.92 Å². The monoisotopic (exact) mass is 452 g/mol. The number of carbonyl (C=O) groups excluding carboxylic acids is 2. The largest absolute Gasteiger partial charge is 0.462 e. The summed E-state index contributed by atoms with van der Waals surface area (Å²) in [6, 6.07) is 1.72. The fraction of sp³-hybridized carbons (Fsp3) is 0.250. The van der Waals surface area contributed by atoms with Crippen molar-refractivity contribution in [2.75, 3.05) is 11.9 Å². The molecule has 1 amide bonds. The molecular weight excluding hydrogens is 444 g/mol. The molecule has 0 bridgehead atoms. The molecule has 0 saturated carbocycles. The molecular formula is C12H10Br2N2O3S2. The van der Waals surface area contributed by atoms with Gasteiger partial charge in [-0.3, -0.25) is 10.1 Å². The molecule has 2 aromatic heterocycles. The normalized spacial score (nSPS) is 10.5. The first kappa shape index (κ1) is 16.6. The predicted octanol–water partition coefficient (Wildman–Crippen LogP) is 4.47. The van der Waals surface area contributed by atoms with Crippen LogP contribution in [0.5, 0.6) is 0 Å². The van der Waals surface area contributed by atoms with E-state index in [-0.39, 0.29) is 5.91 Å². The summed E-state index contributed by atoms with van der Waals surface area (Å²) in [5, 5.41) is 3.06. The van der Waals surface area contributed by atoms with Crippen LogP contribution in [0.15, 0.2) is 14.3 Å². The van der Waals surface area contributed by atoms with Gasteiger partial charge in [0.25, 0.3) is 5.91 Å². The van der Waals surface area contributed by atoms with Gasteiger partial charge in [0.1, 0.15) is 4.88 Å². The number of nitrogens with one attached hydrogen (secondary N) is 1. The van der Waals surface area contributed by atoms with Crippen molar-refractivity contribution in [3.63, 3.8) is 0 Å². The van der Waals surface area contributed by atoms with E-state index in [2.05, 4.69) is 42.2 Å². The van der Waals surface area contributed by atoms with Gasteiger partial charge in [0.15, 0.2) is 5.13 Å². The Labute approximate surface area is 146 Å². The van der Waals surface area contributed by atoms with Gasteiger partial charge in [0.2, 0.25) is 0 Å². The molecule has 5 nitrogen and oxygen atoms in total. The zero-order valence-corrected chi connectivity index (χ0v) is 15.8. The van der Waals surface area contributed by atoms with E-state index in [1.54, 1.807) is 19.9 Å². The van der Waals surface area contributed by atoms with E-state index in [1.807, 2.05) is 0 Å². The maximum absolute atomic E-state index is 12.1. The van der Waals surface area contributed by atoms with Crippen LogP contribution in [0.3, 0.4) is 0 Å². The van der Waals surface area contributed by atoms with Gasteiger partial charge in [-0.1, -0.05) is 11.3 Å². The summed E-state index contributed by atoms with van der Waals surface area (Å²) in [6.45, 7) is 3.75. The zero-order valence-electron chi connectivity index (χ0n) is 11.0. The molecule has 2 heterocycles. The van der Waals surface area contributed by atoms with E-state index in [0.717, 1.165) is 19.6 Å². The van der Waals surface area contributed by atoms with E-state index in [0.29, 0.717) is 27.2 Å². The quantitative estimate of drug-likeness (QED) is 0.693. The molecule has 0 saturated heterocycles. The van der Waals surface area contributed by atoms with E-state index < -0.39 is 5.97 Å². The second-order valence-electron chi connectivity index (χ2n) is 3.84. The number of anilines is 1. The average Bonchev–Trinajstić information content (AvgIpc) is 2.94. The van der Waals surface area contributed by atoms with Crippen molar-refractivity contribution in [2.24, 2.45) is 0 Å². The van der Waals surface area contributed by atoms with E-state index in [9.17, 15) is 9.59 Å². The van der Waals surface area contributed by atoms with Gasteiger partial charge in [0, 0.05) is 4.47 Å². The number of amides is 1. The highest BCUT2D eigenvalue weighted by Crippen LogP contribution is 2.33. The lowest BCUT2D eigenvalue weighted by Crippen LogP contribution is -2.09. The van der Waals surface area contributed by atoms with Crippen molar-refractivity contribution in [2.45, 2.75) is 13.8 Å². The number of aryl methyl sites for hydroxylation is 1. The van der Waals surface area contributed by atoms with Crippen molar-refractivity contribution < 1.29 is 14.3 Å². The van der Waals surface area contributed by atoms with Gasteiger partial charge in [-0.2, -0.15) is 0 Å². The van der Waals surface area contributed by atoms with Crippen LogP contribution in [0.25, 0.3) is 0 Å². The number of thiophene rings is 1. The van der Waals surface area contributed by atoms with Crippen LogP contribution in [-0.4, -0.2) is 23.5 Å². The Morgan fingerprint density at radius 3 is 2.67 bits per heavy atom. The van der Waals surface area contributed by atoms with E-state index in [4.69, 9.17) is 4.74 Å². The lowest BCUT2D eigenvalue weighted by atomic mass is 10.4. The number of thiazole rings is 1. The van der Waals surface area contributed by atoms with Gasteiger partial charge in [-0.25, -0.2) is 9.78 Å². The number of hydrogen-bond donors (Lipinski definition) is 1. The third-order valence-corrected chi connectivity index (χ3v) is 6.65. The molecule has 0 aliphatic heterocycles. The molecule has 0 aliphatic carbocycles. The molecule has 0 radical (unpaired) electrons. The smallest absolute Gasteiger partial charge is 0.350 e. The Kier molecular flexibility index (Phi) is 5.53. The highest BCUT2D eigenvalue weighted by molar-refractivity contribution is 9.13. The summed E-state index contributed by atoms with van der Waals surface area (Å²) in [6.07, 6.45) is 0. The molecule has 9 heteroatoms. The van der Waals surface area contributed by atoms with Gasteiger partial charge in [-0.15, -0.1) is 11.3 Å². The minimum Gasteiger partial charge on any atom is -0.462 e. The summed E-state index contributed by atoms with van der Waals surface area (Å²) < 4.78 is 6.60. The highest BCUT2D eigenvalue weighted by atomic mass is 79.9. The first-order valence-electron chi connectivity index (χ1n) is 5.83. The van der Waals surface area contributed by atoms with Crippen molar-refractivity contribution in [3.8, 4) is 0 Å². The summed E-state index contributed by atoms with van der Waals surface area (Å²) in [4.78, 5) is 28.9. The van der Waals surface area contributed by atoms with Crippen LogP contribution in [0.4, 0.5) is 5.13 Å². The van der Waals surface area contributed by atoms with E-state index in [1.165, 1.54) is 11.3 Å². The molecule has 0 unspecified atom stereocenters. The van der Waals surface area contributed by atoms with Gasteiger partial charge < -0.3 is 4.74 Å². The third kappa shape index (κ3) is 3.91. The Morgan fingerprint density at radius 2 is 2.10 bits per heavy atom. The van der Waals surface area contributed by atoms with Crippen molar-refractivity contribution in [3.05, 3.63) is 29.8 Å². The number of ether oxygens (including phenoxy) is 1. The van der Waals surface area contributed by atoms with Crippen molar-refractivity contribution >= 4 is 71.5 Å². The number of esters is 1. The number of aromatic nitrogens is 1. The molecule has 21 heavy (non-hydrogen) atoms. The first-order chi connectivity index (χ1) is 9.92. The topological polar surface area (TPSA) is 68.3 Å². The molecule has 0 atom stereocenters. The lowest BCUT2D eigenvalue weighted by Gasteiger charge is -1.98. The summed E-state index contributed by atoms with van der Waals surface area (Å²) in [5.74, 6) is -0.690. The SMILES string of the molecule is CCOC(=O)c1sc(NC(=O)c2cc(Br)c(Br)s2)nc1C. The van der Waals surface area contributed by atoms with Crippen LogP contribution in [-0.2, 0) is 4.74 Å². The highest BCUT2D eigenvalue weighted by Gasteiger charge is 2.19. The molecule has 1 N–H and O–H groups in total. The fourth-order valence-electron chi connectivity index (χ4n) is 1.45. The Balaban J connectivity index is 2.15. The number of halogens is 2. The first-order valence-corrected chi connectivity index (χ1v) is 9.05. The minimum atomic E-state index is -0.422. The second kappa shape index (κ2) is 6.99. The third-order valence-electron chi connectivity index (χ3n) is 2.35. The molecule has 112 valence electrons. The Morgan fingerprint density at radius 1 is 1.38 bits per heavy atom. The summed E-state index contributed by atoms with van der Waals surface area (Å²) in [5.41, 5.74) is 0.544. The van der Waals surface area contributed by atoms with Crippen LogP contribution < -0.4 is 5.32 Å². The van der Waals surface area contributed by atoms with Gasteiger partial charge >= 0.3 is 5.97 Å². The van der Waals surface area contributed by atoms with Crippen LogP contribution in [0.2, 0.25) is 0 Å². The Hall–Kier alpha value is -0.770. The molecule has 0 spiro atoms. The maximum Gasteiger partial charge on any atom is 0.350 e. The standard InChI is InChI=1S/C12H10Br2N2O3S2/c1-3-19-11(18)8-5(2)15-12(21-8)16-10(17)7-4-6(13)9(14)20-7/h4H,3H2,1-2H3,(H,15,16,17). The van der Waals surface area contributed by atoms with Crippen molar-refractivity contribution in [1.82, 2.24) is 4.98 Å². The van der Waals surface area contributed by atoms with Crippen molar-refractivity contribution in [1.29, 1.82) is 0 Å². The maximum atomic E-state index is 12.1. The second-order valence-corrected chi connectivity index (χ2v) is 8.06. The minimum absolute atomic E-state index is 0.268. The molecule has 2 rings (SSSR count). The summed E-state index contributed by atoms with van der Waals surface area (Å²) >= 11 is 9.09. The number of carbonyl (C=O) groups is 2. The number of rotatable bonds is 4. The zero-order chi connectivity index (χ0) is 15.6. The van der Waals surface area contributed by atoms with Crippen LogP contribution >= 0.6 is 54.5 Å². The van der Waals surface area contributed by atoms with E-state index >= 15 is 0 Å². The Bertz CT molecular complexity index is 677. The molecule has 2 aromatic rings. The van der Waals surface area contributed by atoms with Gasteiger partial charge in [-0.05, 0) is 51.8 Å². The average molecular weight is 454 g/mol.